The lowest BCUT2D eigenvalue weighted by Gasteiger charge is -2.21. The Kier molecular flexibility index (Phi) is 30.1. The number of nitrogens with zero attached hydrogens (tertiary/aromatic N) is 9. The van der Waals surface area contributed by atoms with Crippen molar-refractivity contribution in [3.05, 3.63) is 232 Å². The molecule has 0 radical (unpaired) electrons. The largest absolute Gasteiger partial charge is 0.507 e. The molecule has 0 amide bonds. The van der Waals surface area contributed by atoms with Crippen LogP contribution in [0.1, 0.15) is 321 Å². The van der Waals surface area contributed by atoms with E-state index < -0.39 is 0 Å². The van der Waals surface area contributed by atoms with Crippen LogP contribution in [-0.4, -0.2) is 55.1 Å². The number of aliphatic hydroxyl groups excluding tert-OH is 1. The second kappa shape index (κ2) is 36.5. The van der Waals surface area contributed by atoms with Gasteiger partial charge in [0.25, 0.3) is 0 Å². The number of pyridine rings is 1. The Morgan fingerprint density at radius 1 is 0.324 bits per heavy atom. The summed E-state index contributed by atoms with van der Waals surface area (Å²) in [5.74, 6) is 4.33. The number of phenols is 1. The van der Waals surface area contributed by atoms with E-state index in [0.717, 1.165) is 101 Å². The van der Waals surface area contributed by atoms with Gasteiger partial charge in [0.2, 0.25) is 0 Å². The van der Waals surface area contributed by atoms with Gasteiger partial charge in [0.15, 0.2) is 23.3 Å². The van der Waals surface area contributed by atoms with Crippen molar-refractivity contribution < 1.29 is 19.0 Å². The summed E-state index contributed by atoms with van der Waals surface area (Å²) in [4.78, 5) is 41.6. The number of aryl methyl sites for hydroxylation is 10. The summed E-state index contributed by atoms with van der Waals surface area (Å²) >= 11 is 6.34. The highest BCUT2D eigenvalue weighted by Crippen LogP contribution is 2.39. The van der Waals surface area contributed by atoms with Gasteiger partial charge < -0.3 is 10.2 Å². The molecule has 0 aliphatic heterocycles. The Morgan fingerprint density at radius 2 is 0.649 bits per heavy atom. The lowest BCUT2D eigenvalue weighted by Crippen LogP contribution is -2.13. The average molecular weight is 1530 g/mol. The fraction of sp³-hybridized carbons (Fsp3) is 0.474. The quantitative estimate of drug-likeness (QED) is 0.119. The smallest absolute Gasteiger partial charge is 0.162 e. The van der Waals surface area contributed by atoms with Crippen LogP contribution in [0.5, 0.6) is 5.75 Å². The van der Waals surface area contributed by atoms with Crippen LogP contribution in [0.25, 0.3) is 56.8 Å². The van der Waals surface area contributed by atoms with Crippen molar-refractivity contribution in [2.45, 2.75) is 306 Å². The van der Waals surface area contributed by atoms with Crippen LogP contribution >= 0.6 is 11.6 Å². The summed E-state index contributed by atoms with van der Waals surface area (Å²) in [6.45, 7) is 73.6. The first-order valence-electron chi connectivity index (χ1n) is 39.5. The molecule has 596 valence electrons. The Hall–Kier alpha value is -8.52. The van der Waals surface area contributed by atoms with Gasteiger partial charge >= 0.3 is 0 Å². The van der Waals surface area contributed by atoms with E-state index in [-0.39, 0.29) is 51.1 Å². The lowest BCUT2D eigenvalue weighted by molar-refractivity contribution is 0.282. The summed E-state index contributed by atoms with van der Waals surface area (Å²) in [5, 5.41) is 20.7. The number of rotatable bonds is 11. The van der Waals surface area contributed by atoms with E-state index in [9.17, 15) is 19.0 Å². The van der Waals surface area contributed by atoms with Gasteiger partial charge in [-0.25, -0.2) is 53.6 Å². The van der Waals surface area contributed by atoms with Gasteiger partial charge in [0.05, 0.1) is 17.9 Å². The van der Waals surface area contributed by atoms with Crippen molar-refractivity contribution in [2.75, 3.05) is 0 Å². The summed E-state index contributed by atoms with van der Waals surface area (Å²) in [6.07, 6.45) is 0. The molecule has 0 fully saturated rings. The molecule has 10 rings (SSSR count). The highest BCUT2D eigenvalue weighted by atomic mass is 35.5. The van der Waals surface area contributed by atoms with Gasteiger partial charge in [-0.05, 0) is 235 Å². The molecule has 0 spiro atoms. The van der Waals surface area contributed by atoms with E-state index in [1.807, 2.05) is 118 Å². The normalized spacial score (nSPS) is 12.0. The van der Waals surface area contributed by atoms with Crippen molar-refractivity contribution in [3.8, 4) is 62.6 Å². The van der Waals surface area contributed by atoms with Crippen molar-refractivity contribution in [1.29, 1.82) is 0 Å². The van der Waals surface area contributed by atoms with Gasteiger partial charge in [-0.1, -0.05) is 245 Å². The Balaban J connectivity index is 0.000000216. The van der Waals surface area contributed by atoms with Crippen LogP contribution in [0.3, 0.4) is 0 Å². The molecule has 5 aromatic heterocycles. The molecule has 111 heavy (non-hydrogen) atoms. The number of aliphatic hydroxyl groups is 1. The first kappa shape index (κ1) is 91.4. The third kappa shape index (κ3) is 23.1. The third-order valence-corrected chi connectivity index (χ3v) is 20.7. The molecule has 0 unspecified atom stereocenters. The molecule has 11 nitrogen and oxygen atoms in total. The molecule has 0 saturated heterocycles. The van der Waals surface area contributed by atoms with Gasteiger partial charge in [0.1, 0.15) is 22.5 Å². The van der Waals surface area contributed by atoms with Crippen molar-refractivity contribution in [2.24, 2.45) is 0 Å². The third-order valence-electron chi connectivity index (χ3n) is 20.4. The van der Waals surface area contributed by atoms with Crippen LogP contribution in [-0.2, 0) is 33.7 Å². The second-order valence-electron chi connectivity index (χ2n) is 36.8. The fourth-order valence-electron chi connectivity index (χ4n) is 14.6. The van der Waals surface area contributed by atoms with Crippen LogP contribution in [0.15, 0.2) is 97.1 Å². The number of aromatic nitrogens is 9. The van der Waals surface area contributed by atoms with E-state index in [1.54, 1.807) is 18.2 Å². The molecule has 0 saturated carbocycles. The Labute approximate surface area is 671 Å². The summed E-state index contributed by atoms with van der Waals surface area (Å²) in [6, 6.07) is 31.3. The van der Waals surface area contributed by atoms with E-state index in [2.05, 4.69) is 228 Å². The van der Waals surface area contributed by atoms with E-state index in [4.69, 9.17) is 31.5 Å². The van der Waals surface area contributed by atoms with Gasteiger partial charge in [-0.2, -0.15) is 0 Å². The van der Waals surface area contributed by atoms with Crippen molar-refractivity contribution in [1.82, 2.24) is 44.9 Å². The molecule has 0 aliphatic rings. The molecule has 5 heterocycles. The molecule has 10 aromatic rings. The Morgan fingerprint density at radius 3 is 0.973 bits per heavy atom. The monoisotopic (exact) mass is 1530 g/mol. The molecule has 0 aliphatic carbocycles. The first-order chi connectivity index (χ1) is 51.1. The van der Waals surface area contributed by atoms with E-state index >= 15 is 0 Å². The lowest BCUT2D eigenvalue weighted by atomic mass is 9.85. The van der Waals surface area contributed by atoms with Crippen LogP contribution in [0.2, 0.25) is 5.15 Å². The highest BCUT2D eigenvalue weighted by Gasteiger charge is 2.26. The van der Waals surface area contributed by atoms with Gasteiger partial charge in [-0.15, -0.1) is 0 Å². The summed E-state index contributed by atoms with van der Waals surface area (Å²) in [5.41, 5.74) is 27.1. The number of phenolic OH excluding ortho intramolecular Hbond substituents is 1. The molecule has 0 atom stereocenters. The number of aromatic hydroxyl groups is 1. The van der Waals surface area contributed by atoms with Crippen LogP contribution < -0.4 is 0 Å². The molecule has 2 N–H and O–H groups in total. The number of halogens is 3. The Bertz CT molecular complexity index is 4530. The first-order valence-corrected chi connectivity index (χ1v) is 39.8. The highest BCUT2D eigenvalue weighted by molar-refractivity contribution is 6.30. The average Bonchev–Trinajstić information content (AvgIpc) is 0.818. The zero-order chi connectivity index (χ0) is 84.0. The summed E-state index contributed by atoms with van der Waals surface area (Å²) in [7, 11) is 0. The van der Waals surface area contributed by atoms with Crippen molar-refractivity contribution >= 4 is 11.6 Å². The molecular weight excluding hydrogens is 1400 g/mol. The topological polar surface area (TPSA) is 156 Å². The van der Waals surface area contributed by atoms with Crippen LogP contribution in [0, 0.1) is 80.9 Å². The SMILES string of the molecule is Cc1cc(-c2ccc(C(C)(C)C)cc2O)nc(Cl)c1C(C)C.Cc1cc(C(C)(C)C)ccc1-c1nc(C)c(C(C)C)c(C)n1.Cc1nc(-c2ccc(C(C)(C)C)c(F)c2)nc(C)c1C(C)C.Cc1nc(-c2ccc(C(C)(C)C)cc2CO)nc(C)c1C(C)C.Cc1nc(-c2ccc(C(C)(C)C)cc2F)nc(C)c1C(C)C. The molecule has 14 heteroatoms. The van der Waals surface area contributed by atoms with Gasteiger partial charge in [-0.3, -0.25) is 0 Å². The number of hydrogen-bond acceptors (Lipinski definition) is 11. The second-order valence-corrected chi connectivity index (χ2v) is 37.1. The van der Waals surface area contributed by atoms with Crippen molar-refractivity contribution in [3.63, 3.8) is 0 Å². The molecule has 0 bridgehead atoms. The number of benzene rings is 5. The van der Waals surface area contributed by atoms with Crippen LogP contribution in [0.4, 0.5) is 8.78 Å². The minimum Gasteiger partial charge on any atom is -0.507 e. The summed E-state index contributed by atoms with van der Waals surface area (Å²) < 4.78 is 28.9. The maximum Gasteiger partial charge on any atom is 0.162 e. The zero-order valence-electron chi connectivity index (χ0n) is 73.9. The number of hydrogen-bond donors (Lipinski definition) is 2. The predicted molar refractivity (Wildman–Crippen MR) is 463 cm³/mol. The predicted octanol–water partition coefficient (Wildman–Crippen LogP) is 26.6. The fourth-order valence-corrected chi connectivity index (χ4v) is 15.1. The maximum absolute atomic E-state index is 14.5. The maximum atomic E-state index is 14.5. The standard InChI is InChI=1S/C20H28N2O.C20H28N2.C19H24ClNO.2C19H25FN2/c1-12(2)18-13(3)21-19(22-14(18)4)17-9-8-16(20(5,6)7)10-15(17)11-23;1-12(2)18-14(4)21-19(22-15(18)5)17-10-9-16(11-13(17)3)20(6,7)8;1-11(2)17-12(3)9-15(21-18(17)20)14-8-7-13(10-16(14)22)19(4,5)6;1-11(2)17-12(3)21-18(22-13(17)4)15-9-8-14(10-16(15)20)19(5,6)7;1-11(2)17-12(3)21-18(22-13(17)4)14-8-9-15(16(20)10-14)19(5,6)7/h8-10,12,23H,11H2,1-7H3;9-12H,1-8H3;7-11,22H,1-6H3;2*8-11H,1-7H3. The van der Waals surface area contributed by atoms with E-state index in [1.165, 1.54) is 33.4 Å². The minimum absolute atomic E-state index is 0.00149. The minimum atomic E-state index is -0.261. The van der Waals surface area contributed by atoms with E-state index in [0.29, 0.717) is 74.6 Å². The zero-order valence-corrected chi connectivity index (χ0v) is 74.6. The molecular formula is C97H130ClF2N9O2. The van der Waals surface area contributed by atoms with Gasteiger partial charge in [0, 0.05) is 67.8 Å². The molecule has 5 aromatic carbocycles.